The molecule has 0 radical (unpaired) electrons. The number of carboxylic acid groups (broad SMARTS) is 1. The highest BCUT2D eigenvalue weighted by Gasteiger charge is 2.24. The zero-order chi connectivity index (χ0) is 8.43. The molecular formula is C6H8O5. The second-order valence-corrected chi connectivity index (χ2v) is 2.10. The molecule has 0 bridgehead atoms. The first-order valence-corrected chi connectivity index (χ1v) is 3.07. The first kappa shape index (κ1) is 7.71. The van der Waals surface area contributed by atoms with Crippen LogP contribution in [0.25, 0.3) is 0 Å². The van der Waals surface area contributed by atoms with Crippen LogP contribution < -0.4 is 0 Å². The maximum atomic E-state index is 10.1. The van der Waals surface area contributed by atoms with Gasteiger partial charge < -0.3 is 19.7 Å². The summed E-state index contributed by atoms with van der Waals surface area (Å²) >= 11 is 0. The minimum Gasteiger partial charge on any atom is -0.481 e. The second-order valence-electron chi connectivity index (χ2n) is 2.10. The molecule has 0 aromatic heterocycles. The lowest BCUT2D eigenvalue weighted by Crippen LogP contribution is -2.03. The summed E-state index contributed by atoms with van der Waals surface area (Å²) in [6, 6.07) is 0. The maximum absolute atomic E-state index is 10.1. The standard InChI is InChI=1S/C6H8O5/c1-3-10-4(2-5(7)8)6(9)11-3/h3,9H,2H2,1H3,(H,7,8)/t3-/m1/s1. The predicted octanol–water partition coefficient (Wildman–Crippen LogP) is 0.581. The fraction of sp³-hybridized carbons (Fsp3) is 0.500. The topological polar surface area (TPSA) is 76.0 Å². The van der Waals surface area contributed by atoms with Gasteiger partial charge in [0, 0.05) is 6.92 Å². The van der Waals surface area contributed by atoms with Gasteiger partial charge in [-0.3, -0.25) is 4.79 Å². The molecule has 0 aliphatic carbocycles. The summed E-state index contributed by atoms with van der Waals surface area (Å²) in [5.41, 5.74) is 0. The van der Waals surface area contributed by atoms with Gasteiger partial charge in [-0.25, -0.2) is 0 Å². The van der Waals surface area contributed by atoms with Gasteiger partial charge in [-0.05, 0) is 0 Å². The summed E-state index contributed by atoms with van der Waals surface area (Å²) in [5.74, 6) is -1.52. The first-order valence-electron chi connectivity index (χ1n) is 3.07. The quantitative estimate of drug-likeness (QED) is 0.617. The molecule has 0 aromatic carbocycles. The zero-order valence-corrected chi connectivity index (χ0v) is 5.90. The van der Waals surface area contributed by atoms with Crippen molar-refractivity contribution in [3.8, 4) is 0 Å². The Bertz CT molecular complexity index is 207. The number of aliphatic hydroxyl groups is 1. The Morgan fingerprint density at radius 2 is 2.27 bits per heavy atom. The Morgan fingerprint density at radius 3 is 2.64 bits per heavy atom. The van der Waals surface area contributed by atoms with Gasteiger partial charge in [-0.15, -0.1) is 0 Å². The van der Waals surface area contributed by atoms with Gasteiger partial charge in [0.1, 0.15) is 6.42 Å². The molecule has 0 unspecified atom stereocenters. The molecule has 0 saturated heterocycles. The summed E-state index contributed by atoms with van der Waals surface area (Å²) in [6.07, 6.45) is -0.944. The molecule has 62 valence electrons. The summed E-state index contributed by atoms with van der Waals surface area (Å²) in [7, 11) is 0. The third-order valence-corrected chi connectivity index (χ3v) is 1.14. The van der Waals surface area contributed by atoms with E-state index in [-0.39, 0.29) is 12.2 Å². The molecule has 2 N–H and O–H groups in total. The van der Waals surface area contributed by atoms with Crippen LogP contribution in [0, 0.1) is 0 Å². The Kier molecular flexibility index (Phi) is 1.89. The highest BCUT2D eigenvalue weighted by molar-refractivity contribution is 5.69. The SMILES string of the molecule is C[C@H]1OC(O)=C(CC(=O)O)O1. The van der Waals surface area contributed by atoms with Crippen molar-refractivity contribution in [2.75, 3.05) is 0 Å². The van der Waals surface area contributed by atoms with Gasteiger partial charge in [0.05, 0.1) is 0 Å². The third kappa shape index (κ3) is 1.76. The Hall–Kier alpha value is -1.39. The van der Waals surface area contributed by atoms with E-state index in [1.807, 2.05) is 0 Å². The van der Waals surface area contributed by atoms with Gasteiger partial charge in [-0.1, -0.05) is 0 Å². The van der Waals surface area contributed by atoms with Crippen LogP contribution in [0.5, 0.6) is 0 Å². The van der Waals surface area contributed by atoms with E-state index >= 15 is 0 Å². The molecule has 0 spiro atoms. The normalized spacial score (nSPS) is 22.8. The molecule has 5 nitrogen and oxygen atoms in total. The summed E-state index contributed by atoms with van der Waals surface area (Å²) in [5, 5.41) is 17.2. The summed E-state index contributed by atoms with van der Waals surface area (Å²) < 4.78 is 9.44. The first-order chi connectivity index (χ1) is 5.09. The average molecular weight is 160 g/mol. The highest BCUT2D eigenvalue weighted by Crippen LogP contribution is 2.21. The van der Waals surface area contributed by atoms with E-state index in [0.29, 0.717) is 0 Å². The van der Waals surface area contributed by atoms with E-state index in [1.54, 1.807) is 6.92 Å². The number of hydrogen-bond acceptors (Lipinski definition) is 4. The van der Waals surface area contributed by atoms with E-state index < -0.39 is 18.2 Å². The minimum atomic E-state index is -1.07. The van der Waals surface area contributed by atoms with Crippen molar-refractivity contribution in [2.45, 2.75) is 19.6 Å². The Balaban J connectivity index is 2.57. The van der Waals surface area contributed by atoms with Crippen LogP contribution in [0.3, 0.4) is 0 Å². The van der Waals surface area contributed by atoms with Gasteiger partial charge >= 0.3 is 11.9 Å². The molecule has 1 rings (SSSR count). The fourth-order valence-electron chi connectivity index (χ4n) is 0.752. The molecule has 11 heavy (non-hydrogen) atoms. The predicted molar refractivity (Wildman–Crippen MR) is 33.5 cm³/mol. The number of aliphatic hydroxyl groups excluding tert-OH is 1. The van der Waals surface area contributed by atoms with Crippen molar-refractivity contribution in [3.63, 3.8) is 0 Å². The number of ether oxygens (including phenoxy) is 2. The third-order valence-electron chi connectivity index (χ3n) is 1.14. The maximum Gasteiger partial charge on any atom is 0.320 e. The number of rotatable bonds is 2. The van der Waals surface area contributed by atoms with Gasteiger partial charge in [0.25, 0.3) is 0 Å². The fourth-order valence-corrected chi connectivity index (χ4v) is 0.752. The molecule has 0 fully saturated rings. The second kappa shape index (κ2) is 2.69. The lowest BCUT2D eigenvalue weighted by atomic mass is 10.4. The smallest absolute Gasteiger partial charge is 0.320 e. The molecule has 0 saturated carbocycles. The number of hydrogen-bond donors (Lipinski definition) is 2. The summed E-state index contributed by atoms with van der Waals surface area (Å²) in [6.45, 7) is 1.56. The molecule has 1 heterocycles. The van der Waals surface area contributed by atoms with E-state index in [0.717, 1.165) is 0 Å². The van der Waals surface area contributed by atoms with Crippen LogP contribution in [-0.2, 0) is 14.3 Å². The van der Waals surface area contributed by atoms with E-state index in [4.69, 9.17) is 14.9 Å². The van der Waals surface area contributed by atoms with Gasteiger partial charge in [-0.2, -0.15) is 0 Å². The molecule has 1 aliphatic rings. The van der Waals surface area contributed by atoms with Crippen LogP contribution in [0.1, 0.15) is 13.3 Å². The van der Waals surface area contributed by atoms with E-state index in [2.05, 4.69) is 4.74 Å². The number of aliphatic carboxylic acids is 1. The van der Waals surface area contributed by atoms with Gasteiger partial charge in [0.15, 0.2) is 5.76 Å². The minimum absolute atomic E-state index is 0.0231. The van der Waals surface area contributed by atoms with Crippen molar-refractivity contribution in [3.05, 3.63) is 11.7 Å². The molecule has 1 atom stereocenters. The highest BCUT2D eigenvalue weighted by atomic mass is 16.8. The van der Waals surface area contributed by atoms with E-state index in [9.17, 15) is 4.79 Å². The van der Waals surface area contributed by atoms with Crippen molar-refractivity contribution in [1.82, 2.24) is 0 Å². The van der Waals surface area contributed by atoms with Gasteiger partial charge in [0.2, 0.25) is 6.29 Å². The molecule has 5 heteroatoms. The zero-order valence-electron chi connectivity index (χ0n) is 5.90. The average Bonchev–Trinajstić information content (AvgIpc) is 2.09. The largest absolute Gasteiger partial charge is 0.481 e. The van der Waals surface area contributed by atoms with Crippen molar-refractivity contribution in [2.24, 2.45) is 0 Å². The van der Waals surface area contributed by atoms with Crippen molar-refractivity contribution < 1.29 is 24.5 Å². The van der Waals surface area contributed by atoms with Crippen LogP contribution in [0.15, 0.2) is 11.7 Å². The molecule has 0 aromatic rings. The Morgan fingerprint density at radius 1 is 1.64 bits per heavy atom. The molecule has 0 amide bonds. The van der Waals surface area contributed by atoms with Crippen LogP contribution in [0.4, 0.5) is 0 Å². The van der Waals surface area contributed by atoms with Crippen molar-refractivity contribution >= 4 is 5.97 Å². The monoisotopic (exact) mass is 160 g/mol. The number of carboxylic acids is 1. The summed E-state index contributed by atoms with van der Waals surface area (Å²) in [4.78, 5) is 10.1. The lowest BCUT2D eigenvalue weighted by molar-refractivity contribution is -0.137. The van der Waals surface area contributed by atoms with E-state index in [1.165, 1.54) is 0 Å². The van der Waals surface area contributed by atoms with Crippen molar-refractivity contribution in [1.29, 1.82) is 0 Å². The molecule has 1 aliphatic heterocycles. The lowest BCUT2D eigenvalue weighted by Gasteiger charge is -2.01. The van der Waals surface area contributed by atoms with Crippen LogP contribution >= 0.6 is 0 Å². The Labute approximate surface area is 62.8 Å². The number of carbonyl (C=O) groups is 1. The van der Waals surface area contributed by atoms with Crippen LogP contribution in [0.2, 0.25) is 0 Å². The van der Waals surface area contributed by atoms with Crippen LogP contribution in [-0.4, -0.2) is 22.5 Å². The molecular weight excluding hydrogens is 152 g/mol.